The molecule has 0 heterocycles. The molecule has 0 unspecified atom stereocenters. The summed E-state index contributed by atoms with van der Waals surface area (Å²) in [5.41, 5.74) is 6.00. The topological polar surface area (TPSA) is 58.2 Å². The average molecular weight is 463 g/mol. The van der Waals surface area contributed by atoms with E-state index in [1.54, 1.807) is 0 Å². The number of hydrogen-bond acceptors (Lipinski definition) is 3. The Labute approximate surface area is 207 Å². The van der Waals surface area contributed by atoms with Gasteiger partial charge in [-0.3, -0.25) is 9.59 Å². The maximum absolute atomic E-state index is 12.4. The van der Waals surface area contributed by atoms with E-state index in [0.717, 1.165) is 36.2 Å². The summed E-state index contributed by atoms with van der Waals surface area (Å²) in [6.07, 6.45) is 2.92. The number of nitrogens with one attached hydrogen (secondary N) is 2. The Hall–Kier alpha value is -4.18. The summed E-state index contributed by atoms with van der Waals surface area (Å²) in [6, 6.07) is 35.6. The highest BCUT2D eigenvalue weighted by Crippen LogP contribution is 2.17. The van der Waals surface area contributed by atoms with Gasteiger partial charge in [0, 0.05) is 23.4 Å². The van der Waals surface area contributed by atoms with Crippen molar-refractivity contribution >= 4 is 23.1 Å². The molecule has 0 radical (unpaired) electrons. The molecule has 1 amide bonds. The normalized spacial score (nSPS) is 10.5. The molecule has 35 heavy (non-hydrogen) atoms. The fourth-order valence-electron chi connectivity index (χ4n) is 3.96. The second-order valence-electron chi connectivity index (χ2n) is 8.58. The number of anilines is 2. The number of hydrogen-bond donors (Lipinski definition) is 2. The molecule has 0 spiro atoms. The minimum atomic E-state index is 0.0230. The lowest BCUT2D eigenvalue weighted by molar-refractivity contribution is -0.116. The molecule has 0 atom stereocenters. The molecule has 0 bridgehead atoms. The van der Waals surface area contributed by atoms with E-state index in [1.807, 2.05) is 91.0 Å². The second kappa shape index (κ2) is 12.3. The summed E-state index contributed by atoms with van der Waals surface area (Å²) in [5.74, 6) is 0.0912. The Morgan fingerprint density at radius 2 is 1.14 bits per heavy atom. The second-order valence-corrected chi connectivity index (χ2v) is 8.58. The minimum absolute atomic E-state index is 0.0230. The van der Waals surface area contributed by atoms with Gasteiger partial charge in [0.05, 0.1) is 6.54 Å². The Morgan fingerprint density at radius 3 is 1.83 bits per heavy atom. The van der Waals surface area contributed by atoms with Gasteiger partial charge in [0.1, 0.15) is 0 Å². The Morgan fingerprint density at radius 1 is 0.571 bits per heavy atom. The number of carbonyl (C=O) groups excluding carboxylic acids is 2. The fourth-order valence-corrected chi connectivity index (χ4v) is 3.96. The smallest absolute Gasteiger partial charge is 0.224 e. The lowest BCUT2D eigenvalue weighted by Crippen LogP contribution is -2.14. The summed E-state index contributed by atoms with van der Waals surface area (Å²) < 4.78 is 0. The molecule has 2 N–H and O–H groups in total. The van der Waals surface area contributed by atoms with E-state index in [2.05, 4.69) is 28.8 Å². The molecule has 0 aliphatic rings. The van der Waals surface area contributed by atoms with Crippen LogP contribution in [0.2, 0.25) is 0 Å². The van der Waals surface area contributed by atoms with Crippen molar-refractivity contribution in [2.24, 2.45) is 0 Å². The molecule has 4 aromatic carbocycles. The molecule has 4 aromatic rings. The third-order valence-corrected chi connectivity index (χ3v) is 5.87. The number of Topliss-reactive ketones (excluding diaryl/α,β-unsaturated/α-hetero) is 1. The van der Waals surface area contributed by atoms with E-state index < -0.39 is 0 Å². The molecule has 0 saturated heterocycles. The van der Waals surface area contributed by atoms with Gasteiger partial charge >= 0.3 is 0 Å². The largest absolute Gasteiger partial charge is 0.378 e. The van der Waals surface area contributed by atoms with Crippen LogP contribution in [0.25, 0.3) is 0 Å². The van der Waals surface area contributed by atoms with Gasteiger partial charge in [0.25, 0.3) is 0 Å². The molecule has 4 rings (SSSR count). The van der Waals surface area contributed by atoms with Crippen molar-refractivity contribution in [2.45, 2.75) is 25.7 Å². The van der Waals surface area contributed by atoms with Crippen LogP contribution < -0.4 is 10.6 Å². The fraction of sp³-hybridized carbons (Fsp3) is 0.161. The van der Waals surface area contributed by atoms with Crippen molar-refractivity contribution in [2.75, 3.05) is 17.2 Å². The Kier molecular flexibility index (Phi) is 8.44. The standard InChI is InChI=1S/C31H30N2O2/c34-30(27-13-5-2-6-14-27)23-32-28-15-7-11-25(21-28)17-18-26-12-8-16-29(22-26)33-31(35)20-19-24-9-3-1-4-10-24/h1-16,21-22,32H,17-20,23H2,(H,33,35). The van der Waals surface area contributed by atoms with Crippen molar-refractivity contribution in [1.29, 1.82) is 0 Å². The molecule has 0 fully saturated rings. The van der Waals surface area contributed by atoms with Gasteiger partial charge in [0.15, 0.2) is 5.78 Å². The number of rotatable bonds is 11. The average Bonchev–Trinajstić information content (AvgIpc) is 2.91. The van der Waals surface area contributed by atoms with Gasteiger partial charge in [0.2, 0.25) is 5.91 Å². The van der Waals surface area contributed by atoms with Crippen molar-refractivity contribution in [3.05, 3.63) is 131 Å². The zero-order chi connectivity index (χ0) is 24.3. The highest BCUT2D eigenvalue weighted by atomic mass is 16.1. The molecular weight excluding hydrogens is 432 g/mol. The summed E-state index contributed by atoms with van der Waals surface area (Å²) in [4.78, 5) is 24.7. The number of carbonyl (C=O) groups is 2. The van der Waals surface area contributed by atoms with Crippen molar-refractivity contribution in [3.8, 4) is 0 Å². The summed E-state index contributed by atoms with van der Waals surface area (Å²) in [6.45, 7) is 0.263. The maximum Gasteiger partial charge on any atom is 0.224 e. The predicted molar refractivity (Wildman–Crippen MR) is 143 cm³/mol. The van der Waals surface area contributed by atoms with E-state index in [4.69, 9.17) is 0 Å². The zero-order valence-corrected chi connectivity index (χ0v) is 19.7. The predicted octanol–water partition coefficient (Wildman–Crippen LogP) is 6.34. The van der Waals surface area contributed by atoms with E-state index >= 15 is 0 Å². The van der Waals surface area contributed by atoms with E-state index in [-0.39, 0.29) is 18.2 Å². The van der Waals surface area contributed by atoms with Crippen LogP contribution in [0, 0.1) is 0 Å². The minimum Gasteiger partial charge on any atom is -0.378 e. The Bertz CT molecular complexity index is 1250. The summed E-state index contributed by atoms with van der Waals surface area (Å²) in [5, 5.41) is 6.26. The highest BCUT2D eigenvalue weighted by molar-refractivity contribution is 5.98. The first kappa shape index (κ1) is 24.0. The van der Waals surface area contributed by atoms with Gasteiger partial charge in [-0.1, -0.05) is 84.9 Å². The van der Waals surface area contributed by atoms with E-state index in [1.165, 1.54) is 11.1 Å². The quantitative estimate of drug-likeness (QED) is 0.256. The van der Waals surface area contributed by atoms with E-state index in [9.17, 15) is 9.59 Å². The van der Waals surface area contributed by atoms with Gasteiger partial charge < -0.3 is 10.6 Å². The van der Waals surface area contributed by atoms with Gasteiger partial charge in [-0.25, -0.2) is 0 Å². The molecule has 0 saturated carbocycles. The molecule has 0 aliphatic heterocycles. The molecule has 0 aliphatic carbocycles. The number of amides is 1. The first-order chi connectivity index (χ1) is 17.2. The summed E-state index contributed by atoms with van der Waals surface area (Å²) in [7, 11) is 0. The lowest BCUT2D eigenvalue weighted by atomic mass is 10.0. The van der Waals surface area contributed by atoms with Crippen LogP contribution in [0.3, 0.4) is 0 Å². The molecular formula is C31H30N2O2. The first-order valence-corrected chi connectivity index (χ1v) is 12.0. The van der Waals surface area contributed by atoms with Gasteiger partial charge in [-0.2, -0.15) is 0 Å². The van der Waals surface area contributed by atoms with Crippen LogP contribution in [0.1, 0.15) is 33.5 Å². The van der Waals surface area contributed by atoms with E-state index in [0.29, 0.717) is 12.0 Å². The molecule has 4 nitrogen and oxygen atoms in total. The molecule has 176 valence electrons. The zero-order valence-electron chi connectivity index (χ0n) is 19.7. The van der Waals surface area contributed by atoms with Crippen molar-refractivity contribution in [1.82, 2.24) is 0 Å². The highest BCUT2D eigenvalue weighted by Gasteiger charge is 2.06. The first-order valence-electron chi connectivity index (χ1n) is 12.0. The van der Waals surface area contributed by atoms with Gasteiger partial charge in [-0.05, 0) is 60.2 Å². The lowest BCUT2D eigenvalue weighted by Gasteiger charge is -2.10. The monoisotopic (exact) mass is 462 g/mol. The van der Waals surface area contributed by atoms with Crippen LogP contribution in [0.4, 0.5) is 11.4 Å². The Balaban J connectivity index is 1.26. The van der Waals surface area contributed by atoms with Crippen molar-refractivity contribution < 1.29 is 9.59 Å². The molecule has 4 heteroatoms. The SMILES string of the molecule is O=C(CCc1ccccc1)Nc1cccc(CCc2cccc(NCC(=O)c3ccccc3)c2)c1. The van der Waals surface area contributed by atoms with Crippen molar-refractivity contribution in [3.63, 3.8) is 0 Å². The third kappa shape index (κ3) is 7.68. The van der Waals surface area contributed by atoms with Crippen LogP contribution in [0.15, 0.2) is 109 Å². The van der Waals surface area contributed by atoms with Crippen LogP contribution in [0.5, 0.6) is 0 Å². The molecule has 0 aromatic heterocycles. The van der Waals surface area contributed by atoms with Crippen LogP contribution in [-0.2, 0) is 24.1 Å². The number of ketones is 1. The number of aryl methyl sites for hydroxylation is 3. The van der Waals surface area contributed by atoms with Crippen LogP contribution >= 0.6 is 0 Å². The van der Waals surface area contributed by atoms with Gasteiger partial charge in [-0.15, -0.1) is 0 Å². The maximum atomic E-state index is 12.4. The third-order valence-electron chi connectivity index (χ3n) is 5.87. The number of benzene rings is 4. The van der Waals surface area contributed by atoms with Crippen LogP contribution in [-0.4, -0.2) is 18.2 Å². The summed E-state index contributed by atoms with van der Waals surface area (Å²) >= 11 is 0.